The van der Waals surface area contributed by atoms with Gasteiger partial charge in [0.1, 0.15) is 12.2 Å². The van der Waals surface area contributed by atoms with Crippen LogP contribution < -0.4 is 0 Å². The summed E-state index contributed by atoms with van der Waals surface area (Å²) in [6.45, 7) is 0.202. The van der Waals surface area contributed by atoms with Crippen molar-refractivity contribution in [2.24, 2.45) is 5.92 Å². The Labute approximate surface area is 98.3 Å². The van der Waals surface area contributed by atoms with Crippen LogP contribution in [0.25, 0.3) is 0 Å². The molecule has 0 bridgehead atoms. The molecule has 6 nitrogen and oxygen atoms in total. The third-order valence-electron chi connectivity index (χ3n) is 2.57. The lowest BCUT2D eigenvalue weighted by molar-refractivity contribution is -0.137. The zero-order chi connectivity index (χ0) is 12.3. The maximum Gasteiger partial charge on any atom is 0.323 e. The average molecular weight is 235 g/mol. The van der Waals surface area contributed by atoms with E-state index in [2.05, 4.69) is 9.97 Å². The fourth-order valence-electron chi connectivity index (χ4n) is 1.57. The number of carbonyl (C=O) groups is 2. The minimum atomic E-state index is -1.01. The second-order valence-corrected chi connectivity index (χ2v) is 4.11. The van der Waals surface area contributed by atoms with Crippen molar-refractivity contribution in [3.8, 4) is 0 Å². The maximum atomic E-state index is 12.0. The summed E-state index contributed by atoms with van der Waals surface area (Å²) in [6, 6.07) is 0. The molecule has 0 aromatic carbocycles. The van der Waals surface area contributed by atoms with Gasteiger partial charge in [-0.1, -0.05) is 0 Å². The van der Waals surface area contributed by atoms with Gasteiger partial charge in [-0.25, -0.2) is 4.98 Å². The van der Waals surface area contributed by atoms with Gasteiger partial charge >= 0.3 is 5.97 Å². The topological polar surface area (TPSA) is 83.4 Å². The van der Waals surface area contributed by atoms with Gasteiger partial charge in [0.25, 0.3) is 5.91 Å². The summed E-state index contributed by atoms with van der Waals surface area (Å²) in [7, 11) is 0. The van der Waals surface area contributed by atoms with Crippen LogP contribution in [0.3, 0.4) is 0 Å². The average Bonchev–Trinajstić information content (AvgIpc) is 3.12. The van der Waals surface area contributed by atoms with Gasteiger partial charge in [-0.15, -0.1) is 0 Å². The number of carboxylic acid groups (broad SMARTS) is 1. The van der Waals surface area contributed by atoms with Crippen molar-refractivity contribution in [3.63, 3.8) is 0 Å². The molecule has 1 N–H and O–H groups in total. The second kappa shape index (κ2) is 4.90. The molecule has 1 amide bonds. The van der Waals surface area contributed by atoms with Crippen molar-refractivity contribution in [2.75, 3.05) is 13.1 Å². The molecule has 1 saturated carbocycles. The van der Waals surface area contributed by atoms with Crippen molar-refractivity contribution in [3.05, 3.63) is 24.3 Å². The van der Waals surface area contributed by atoms with Crippen molar-refractivity contribution >= 4 is 11.9 Å². The molecule has 1 heterocycles. The molecule has 1 aliphatic carbocycles. The molecule has 6 heteroatoms. The van der Waals surface area contributed by atoms with Gasteiger partial charge in [-0.05, 0) is 18.8 Å². The Kier molecular flexibility index (Phi) is 3.32. The maximum absolute atomic E-state index is 12.0. The number of carbonyl (C=O) groups excluding carboxylic acids is 1. The van der Waals surface area contributed by atoms with E-state index in [0.717, 1.165) is 12.8 Å². The first kappa shape index (κ1) is 11.5. The lowest BCUT2D eigenvalue weighted by atomic mass is 10.3. The van der Waals surface area contributed by atoms with E-state index < -0.39 is 5.97 Å². The predicted octanol–water partition coefficient (Wildman–Crippen LogP) is 0.413. The first-order chi connectivity index (χ1) is 8.16. The number of hydrogen-bond donors (Lipinski definition) is 1. The number of aromatic nitrogens is 2. The Morgan fingerprint density at radius 2 is 2.18 bits per heavy atom. The first-order valence-electron chi connectivity index (χ1n) is 5.44. The third kappa shape index (κ3) is 3.24. The van der Waals surface area contributed by atoms with E-state index in [1.54, 1.807) is 0 Å². The van der Waals surface area contributed by atoms with Crippen molar-refractivity contribution in [1.29, 1.82) is 0 Å². The van der Waals surface area contributed by atoms with Gasteiger partial charge < -0.3 is 10.0 Å². The van der Waals surface area contributed by atoms with Gasteiger partial charge in [0.05, 0.1) is 6.20 Å². The van der Waals surface area contributed by atoms with Gasteiger partial charge in [0.2, 0.25) is 0 Å². The number of carboxylic acids is 1. The number of nitrogens with zero attached hydrogens (tertiary/aromatic N) is 3. The van der Waals surface area contributed by atoms with Crippen LogP contribution >= 0.6 is 0 Å². The van der Waals surface area contributed by atoms with E-state index in [1.165, 1.54) is 23.5 Å². The summed E-state index contributed by atoms with van der Waals surface area (Å²) >= 11 is 0. The molecule has 2 rings (SSSR count). The van der Waals surface area contributed by atoms with E-state index in [-0.39, 0.29) is 18.1 Å². The van der Waals surface area contributed by atoms with Gasteiger partial charge in [-0.3, -0.25) is 14.6 Å². The largest absolute Gasteiger partial charge is 0.480 e. The Morgan fingerprint density at radius 3 is 2.71 bits per heavy atom. The van der Waals surface area contributed by atoms with Crippen LogP contribution in [0.15, 0.2) is 18.6 Å². The molecule has 0 unspecified atom stereocenters. The van der Waals surface area contributed by atoms with E-state index in [1.807, 2.05) is 0 Å². The Morgan fingerprint density at radius 1 is 1.41 bits per heavy atom. The predicted molar refractivity (Wildman–Crippen MR) is 58.3 cm³/mol. The molecular weight excluding hydrogens is 222 g/mol. The molecule has 0 radical (unpaired) electrons. The SMILES string of the molecule is O=C(O)CN(CC1CC1)C(=O)c1cnccn1. The molecule has 0 spiro atoms. The van der Waals surface area contributed by atoms with Crippen LogP contribution in [0.2, 0.25) is 0 Å². The van der Waals surface area contributed by atoms with Gasteiger partial charge in [0, 0.05) is 18.9 Å². The molecule has 0 aliphatic heterocycles. The van der Waals surface area contributed by atoms with Crippen LogP contribution in [0, 0.1) is 5.92 Å². The first-order valence-corrected chi connectivity index (χ1v) is 5.44. The van der Waals surface area contributed by atoms with Crippen molar-refractivity contribution in [2.45, 2.75) is 12.8 Å². The fraction of sp³-hybridized carbons (Fsp3) is 0.455. The Hall–Kier alpha value is -1.98. The lowest BCUT2D eigenvalue weighted by Crippen LogP contribution is -2.37. The zero-order valence-corrected chi connectivity index (χ0v) is 9.24. The monoisotopic (exact) mass is 235 g/mol. The van der Waals surface area contributed by atoms with E-state index in [9.17, 15) is 9.59 Å². The Bertz CT molecular complexity index is 417. The Balaban J connectivity index is 2.08. The molecule has 1 fully saturated rings. The van der Waals surface area contributed by atoms with Crippen LogP contribution in [0.4, 0.5) is 0 Å². The highest BCUT2D eigenvalue weighted by Crippen LogP contribution is 2.29. The molecule has 1 aromatic rings. The third-order valence-corrected chi connectivity index (χ3v) is 2.57. The van der Waals surface area contributed by atoms with Gasteiger partial charge in [-0.2, -0.15) is 0 Å². The fourth-order valence-corrected chi connectivity index (χ4v) is 1.57. The second-order valence-electron chi connectivity index (χ2n) is 4.11. The molecular formula is C11H13N3O3. The number of aliphatic carboxylic acids is 1. The highest BCUT2D eigenvalue weighted by molar-refractivity contribution is 5.93. The minimum Gasteiger partial charge on any atom is -0.480 e. The van der Waals surface area contributed by atoms with Crippen LogP contribution in [0.1, 0.15) is 23.3 Å². The highest BCUT2D eigenvalue weighted by Gasteiger charge is 2.28. The smallest absolute Gasteiger partial charge is 0.323 e. The van der Waals surface area contributed by atoms with E-state index in [4.69, 9.17) is 5.11 Å². The van der Waals surface area contributed by atoms with Crippen molar-refractivity contribution < 1.29 is 14.7 Å². The summed E-state index contributed by atoms with van der Waals surface area (Å²) in [6.07, 6.45) is 6.36. The summed E-state index contributed by atoms with van der Waals surface area (Å²) in [5, 5.41) is 8.78. The van der Waals surface area contributed by atoms with Crippen LogP contribution in [-0.4, -0.2) is 44.9 Å². The van der Waals surface area contributed by atoms with E-state index in [0.29, 0.717) is 12.5 Å². The molecule has 17 heavy (non-hydrogen) atoms. The standard InChI is InChI=1S/C11H13N3O3/c15-10(16)7-14(6-8-1-2-8)11(17)9-5-12-3-4-13-9/h3-5,8H,1-2,6-7H2,(H,15,16). The molecule has 1 aromatic heterocycles. The highest BCUT2D eigenvalue weighted by atomic mass is 16.4. The zero-order valence-electron chi connectivity index (χ0n) is 9.24. The number of amides is 1. The number of rotatable bonds is 5. The summed E-state index contributed by atoms with van der Waals surface area (Å²) < 4.78 is 0. The molecule has 1 aliphatic rings. The van der Waals surface area contributed by atoms with Gasteiger partial charge in [0.15, 0.2) is 0 Å². The lowest BCUT2D eigenvalue weighted by Gasteiger charge is -2.19. The molecule has 0 atom stereocenters. The van der Waals surface area contributed by atoms with E-state index >= 15 is 0 Å². The van der Waals surface area contributed by atoms with Crippen LogP contribution in [0.5, 0.6) is 0 Å². The molecule has 0 saturated heterocycles. The van der Waals surface area contributed by atoms with Crippen LogP contribution in [-0.2, 0) is 4.79 Å². The van der Waals surface area contributed by atoms with Crippen molar-refractivity contribution in [1.82, 2.24) is 14.9 Å². The summed E-state index contributed by atoms with van der Waals surface area (Å²) in [5.41, 5.74) is 0.189. The normalized spacial score (nSPS) is 14.4. The minimum absolute atomic E-state index is 0.189. The molecule has 90 valence electrons. The summed E-state index contributed by atoms with van der Waals surface area (Å²) in [5.74, 6) is -0.940. The number of hydrogen-bond acceptors (Lipinski definition) is 4. The quantitative estimate of drug-likeness (QED) is 0.799. The summed E-state index contributed by atoms with van der Waals surface area (Å²) in [4.78, 5) is 31.7.